The zero-order chi connectivity index (χ0) is 15.0. The maximum atomic E-state index is 10.0. The lowest BCUT2D eigenvalue weighted by molar-refractivity contribution is -0.0516. The van der Waals surface area contributed by atoms with Gasteiger partial charge in [0.25, 0.3) is 0 Å². The van der Waals surface area contributed by atoms with Crippen LogP contribution in [-0.4, -0.2) is 49.7 Å². The normalized spacial score (nSPS) is 25.6. The van der Waals surface area contributed by atoms with Crippen LogP contribution in [0.15, 0.2) is 0 Å². The highest BCUT2D eigenvalue weighted by Gasteiger charge is 2.25. The number of aliphatic hydroxyl groups is 1. The molecule has 3 atom stereocenters. The summed E-state index contributed by atoms with van der Waals surface area (Å²) in [6.45, 7) is 7.96. The number of ether oxygens (including phenoxy) is 2. The van der Waals surface area contributed by atoms with E-state index in [4.69, 9.17) is 9.47 Å². The van der Waals surface area contributed by atoms with E-state index in [-0.39, 0.29) is 5.54 Å². The molecule has 0 heterocycles. The average molecular weight is 287 g/mol. The molecule has 0 aromatic heterocycles. The summed E-state index contributed by atoms with van der Waals surface area (Å²) in [6, 6.07) is 0. The van der Waals surface area contributed by atoms with Gasteiger partial charge >= 0.3 is 0 Å². The van der Waals surface area contributed by atoms with Crippen molar-refractivity contribution in [2.24, 2.45) is 5.92 Å². The van der Waals surface area contributed by atoms with Crippen LogP contribution in [0.4, 0.5) is 0 Å². The van der Waals surface area contributed by atoms with E-state index in [1.807, 2.05) is 0 Å². The monoisotopic (exact) mass is 287 g/mol. The van der Waals surface area contributed by atoms with Crippen molar-refractivity contribution in [1.29, 1.82) is 0 Å². The first-order valence-corrected chi connectivity index (χ1v) is 8.02. The minimum Gasteiger partial charge on any atom is -0.389 e. The van der Waals surface area contributed by atoms with Gasteiger partial charge in [0.1, 0.15) is 0 Å². The van der Waals surface area contributed by atoms with Crippen LogP contribution in [0.25, 0.3) is 0 Å². The van der Waals surface area contributed by atoms with Crippen LogP contribution in [-0.2, 0) is 9.47 Å². The molecule has 0 radical (unpaired) electrons. The van der Waals surface area contributed by atoms with Gasteiger partial charge in [-0.25, -0.2) is 0 Å². The standard InChI is InChI=1S/C16H33NO3/c1-5-13-8-6-7-9-15(13)20-11-14(18)10-17-16(2,3)12-19-4/h13-15,17-18H,5-12H2,1-4H3. The summed E-state index contributed by atoms with van der Waals surface area (Å²) in [5.41, 5.74) is -0.119. The maximum Gasteiger partial charge on any atom is 0.0898 e. The van der Waals surface area contributed by atoms with Gasteiger partial charge in [-0.3, -0.25) is 0 Å². The Labute approximate surface area is 124 Å². The number of rotatable bonds is 9. The predicted molar refractivity (Wildman–Crippen MR) is 82.0 cm³/mol. The first-order valence-electron chi connectivity index (χ1n) is 8.02. The van der Waals surface area contributed by atoms with E-state index >= 15 is 0 Å². The molecule has 1 aliphatic rings. The maximum absolute atomic E-state index is 10.0. The number of nitrogens with one attached hydrogen (secondary N) is 1. The molecule has 0 saturated heterocycles. The third-order valence-electron chi connectivity index (χ3n) is 4.19. The van der Waals surface area contributed by atoms with Gasteiger partial charge in [0.05, 0.1) is 25.4 Å². The number of β-amino-alcohol motifs (C(OH)–C–C–N with tert-alkyl or cyclic N) is 1. The van der Waals surface area contributed by atoms with Crippen molar-refractivity contribution < 1.29 is 14.6 Å². The summed E-state index contributed by atoms with van der Waals surface area (Å²) >= 11 is 0. The predicted octanol–water partition coefficient (Wildman–Crippen LogP) is 2.35. The van der Waals surface area contributed by atoms with Crippen molar-refractivity contribution in [3.05, 3.63) is 0 Å². The molecule has 0 aliphatic heterocycles. The smallest absolute Gasteiger partial charge is 0.0898 e. The third kappa shape index (κ3) is 6.53. The molecule has 4 nitrogen and oxygen atoms in total. The van der Waals surface area contributed by atoms with Gasteiger partial charge in [-0.05, 0) is 32.6 Å². The van der Waals surface area contributed by atoms with Gasteiger partial charge < -0.3 is 19.9 Å². The number of methoxy groups -OCH3 is 1. The van der Waals surface area contributed by atoms with E-state index in [0.717, 1.165) is 6.42 Å². The Hall–Kier alpha value is -0.160. The minimum atomic E-state index is -0.453. The Morgan fingerprint density at radius 1 is 1.30 bits per heavy atom. The zero-order valence-electron chi connectivity index (χ0n) is 13.7. The van der Waals surface area contributed by atoms with Crippen molar-refractivity contribution >= 4 is 0 Å². The van der Waals surface area contributed by atoms with Crippen LogP contribution in [0.5, 0.6) is 0 Å². The van der Waals surface area contributed by atoms with Crippen molar-refractivity contribution in [2.75, 3.05) is 26.9 Å². The lowest BCUT2D eigenvalue weighted by atomic mass is 9.85. The number of hydrogen-bond donors (Lipinski definition) is 2. The van der Waals surface area contributed by atoms with E-state index < -0.39 is 6.10 Å². The van der Waals surface area contributed by atoms with Crippen molar-refractivity contribution in [2.45, 2.75) is 70.6 Å². The molecule has 2 N–H and O–H groups in total. The second-order valence-electron chi connectivity index (χ2n) is 6.68. The van der Waals surface area contributed by atoms with Gasteiger partial charge in [0.15, 0.2) is 0 Å². The van der Waals surface area contributed by atoms with Crippen LogP contribution in [0.3, 0.4) is 0 Å². The molecule has 120 valence electrons. The lowest BCUT2D eigenvalue weighted by Gasteiger charge is -2.32. The van der Waals surface area contributed by atoms with Crippen LogP contribution in [0, 0.1) is 5.92 Å². The second-order valence-corrected chi connectivity index (χ2v) is 6.68. The van der Waals surface area contributed by atoms with E-state index in [0.29, 0.717) is 31.8 Å². The molecule has 1 saturated carbocycles. The van der Waals surface area contributed by atoms with E-state index in [1.54, 1.807) is 7.11 Å². The summed E-state index contributed by atoms with van der Waals surface area (Å²) in [5.74, 6) is 0.675. The molecule has 20 heavy (non-hydrogen) atoms. The van der Waals surface area contributed by atoms with Crippen molar-refractivity contribution in [3.63, 3.8) is 0 Å². The molecular formula is C16H33NO3. The largest absolute Gasteiger partial charge is 0.389 e. The molecule has 0 amide bonds. The van der Waals surface area contributed by atoms with Crippen LogP contribution >= 0.6 is 0 Å². The topological polar surface area (TPSA) is 50.7 Å². The van der Waals surface area contributed by atoms with Gasteiger partial charge in [0.2, 0.25) is 0 Å². The summed E-state index contributed by atoms with van der Waals surface area (Å²) in [7, 11) is 1.69. The molecule has 4 heteroatoms. The third-order valence-corrected chi connectivity index (χ3v) is 4.19. The number of hydrogen-bond acceptors (Lipinski definition) is 4. The summed E-state index contributed by atoms with van der Waals surface area (Å²) in [5, 5.41) is 13.4. The van der Waals surface area contributed by atoms with Gasteiger partial charge in [-0.15, -0.1) is 0 Å². The van der Waals surface area contributed by atoms with Crippen molar-refractivity contribution in [3.8, 4) is 0 Å². The van der Waals surface area contributed by atoms with Crippen LogP contribution in [0.2, 0.25) is 0 Å². The minimum absolute atomic E-state index is 0.119. The fraction of sp³-hybridized carbons (Fsp3) is 1.00. The van der Waals surface area contributed by atoms with E-state index in [9.17, 15) is 5.11 Å². The fourth-order valence-electron chi connectivity index (χ4n) is 2.96. The van der Waals surface area contributed by atoms with Gasteiger partial charge in [-0.1, -0.05) is 26.2 Å². The summed E-state index contributed by atoms with van der Waals surface area (Å²) in [4.78, 5) is 0. The molecule has 1 fully saturated rings. The Bertz CT molecular complexity index is 258. The quantitative estimate of drug-likeness (QED) is 0.683. The molecule has 1 rings (SSSR count). The van der Waals surface area contributed by atoms with E-state index in [2.05, 4.69) is 26.1 Å². The summed E-state index contributed by atoms with van der Waals surface area (Å²) < 4.78 is 11.1. The van der Waals surface area contributed by atoms with Crippen molar-refractivity contribution in [1.82, 2.24) is 5.32 Å². The molecule has 0 spiro atoms. The molecule has 3 unspecified atom stereocenters. The zero-order valence-corrected chi connectivity index (χ0v) is 13.7. The second kappa shape index (κ2) is 8.98. The van der Waals surface area contributed by atoms with Crippen LogP contribution in [0.1, 0.15) is 52.9 Å². The summed E-state index contributed by atoms with van der Waals surface area (Å²) in [6.07, 6.45) is 6.08. The Morgan fingerprint density at radius 2 is 2.00 bits per heavy atom. The average Bonchev–Trinajstić information content (AvgIpc) is 2.43. The lowest BCUT2D eigenvalue weighted by Crippen LogP contribution is -2.47. The number of aliphatic hydroxyl groups excluding tert-OH is 1. The molecule has 0 aromatic rings. The molecule has 0 bridgehead atoms. The highest BCUT2D eigenvalue weighted by atomic mass is 16.5. The molecular weight excluding hydrogens is 254 g/mol. The fourth-order valence-corrected chi connectivity index (χ4v) is 2.96. The first kappa shape index (κ1) is 17.9. The SMILES string of the molecule is CCC1CCCCC1OCC(O)CNC(C)(C)COC. The van der Waals surface area contributed by atoms with Gasteiger partial charge in [-0.2, -0.15) is 0 Å². The highest BCUT2D eigenvalue weighted by molar-refractivity contribution is 4.79. The Morgan fingerprint density at radius 3 is 2.65 bits per heavy atom. The first-order chi connectivity index (χ1) is 9.48. The Kier molecular flexibility index (Phi) is 8.03. The Balaban J connectivity index is 2.23. The molecule has 1 aliphatic carbocycles. The van der Waals surface area contributed by atoms with Gasteiger partial charge in [0, 0.05) is 19.2 Å². The highest BCUT2D eigenvalue weighted by Crippen LogP contribution is 2.29. The van der Waals surface area contributed by atoms with E-state index in [1.165, 1.54) is 25.7 Å². The van der Waals surface area contributed by atoms with Crippen LogP contribution < -0.4 is 5.32 Å². The molecule has 0 aromatic carbocycles.